The quantitative estimate of drug-likeness (QED) is 0.131. The van der Waals surface area contributed by atoms with Gasteiger partial charge in [0.15, 0.2) is 0 Å². The third-order valence-electron chi connectivity index (χ3n) is 13.7. The highest BCUT2D eigenvalue weighted by Crippen LogP contribution is 2.47. The molecule has 0 aliphatic heterocycles. The van der Waals surface area contributed by atoms with E-state index in [0.29, 0.717) is 0 Å². The molecule has 11 aromatic carbocycles. The highest BCUT2D eigenvalue weighted by Gasteiger charge is 2.25. The number of aromatic nitrogens is 1. The second kappa shape index (κ2) is 16.7. The van der Waals surface area contributed by atoms with E-state index < -0.39 is 0 Å². The van der Waals surface area contributed by atoms with E-state index in [1.54, 1.807) is 0 Å². The standard InChI is InChI=1S/C65H44N2S/c1-4-19-47(20-5-1)64(59-30-17-29-58-57-28-13-15-33-63(57)68-65(58)59)50-40-49(41-53(42-50)66(51-22-6-2-7-23-51)60-32-16-21-46-18-10-11-26-54(46)60)45-36-34-44(35-37-45)48-38-39-56-55-27-12-14-31-61(55)67(62(56)43-48)52-24-8-3-9-25-52/h1-43,64H. The molecule has 3 heteroatoms. The van der Waals surface area contributed by atoms with Crippen LogP contribution in [0.2, 0.25) is 0 Å². The number of rotatable bonds is 9. The van der Waals surface area contributed by atoms with Gasteiger partial charge >= 0.3 is 0 Å². The van der Waals surface area contributed by atoms with Crippen LogP contribution < -0.4 is 4.90 Å². The molecule has 13 rings (SSSR count). The molecule has 0 N–H and O–H groups in total. The first kappa shape index (κ1) is 39.8. The summed E-state index contributed by atoms with van der Waals surface area (Å²) in [4.78, 5) is 2.45. The Morgan fingerprint density at radius 1 is 0.353 bits per heavy atom. The van der Waals surface area contributed by atoms with Gasteiger partial charge in [-0.1, -0.05) is 200 Å². The van der Waals surface area contributed by atoms with Crippen LogP contribution in [-0.4, -0.2) is 4.57 Å². The van der Waals surface area contributed by atoms with Gasteiger partial charge in [0.2, 0.25) is 0 Å². The van der Waals surface area contributed by atoms with Crippen LogP contribution in [0.3, 0.4) is 0 Å². The maximum atomic E-state index is 2.45. The van der Waals surface area contributed by atoms with Crippen molar-refractivity contribution >= 4 is 81.1 Å². The number of hydrogen-bond donors (Lipinski definition) is 0. The molecule has 0 aliphatic rings. The molecule has 0 amide bonds. The molecule has 0 saturated carbocycles. The van der Waals surface area contributed by atoms with Crippen molar-refractivity contribution in [1.82, 2.24) is 4.57 Å². The molecular formula is C65H44N2S. The normalized spacial score (nSPS) is 12.1. The maximum Gasteiger partial charge on any atom is 0.0547 e. The molecule has 0 spiro atoms. The maximum absolute atomic E-state index is 2.45. The summed E-state index contributed by atoms with van der Waals surface area (Å²) < 4.78 is 5.03. The van der Waals surface area contributed by atoms with E-state index in [9.17, 15) is 0 Å². The van der Waals surface area contributed by atoms with Crippen LogP contribution in [-0.2, 0) is 0 Å². The third kappa shape index (κ3) is 6.87. The molecule has 0 radical (unpaired) electrons. The minimum absolute atomic E-state index is 0.0424. The molecule has 1 atom stereocenters. The minimum Gasteiger partial charge on any atom is -0.310 e. The van der Waals surface area contributed by atoms with Crippen molar-refractivity contribution < 1.29 is 0 Å². The van der Waals surface area contributed by atoms with E-state index >= 15 is 0 Å². The summed E-state index contributed by atoms with van der Waals surface area (Å²) in [6.45, 7) is 0. The smallest absolute Gasteiger partial charge is 0.0547 e. The number of anilines is 3. The Kier molecular flexibility index (Phi) is 9.80. The highest BCUT2D eigenvalue weighted by atomic mass is 32.1. The molecule has 68 heavy (non-hydrogen) atoms. The topological polar surface area (TPSA) is 8.17 Å². The third-order valence-corrected chi connectivity index (χ3v) is 14.9. The summed E-state index contributed by atoms with van der Waals surface area (Å²) in [5.74, 6) is -0.0424. The molecule has 2 heterocycles. The lowest BCUT2D eigenvalue weighted by atomic mass is 9.83. The van der Waals surface area contributed by atoms with Crippen molar-refractivity contribution in [2.75, 3.05) is 4.90 Å². The van der Waals surface area contributed by atoms with Gasteiger partial charge in [-0.15, -0.1) is 11.3 Å². The first-order valence-corrected chi connectivity index (χ1v) is 24.2. The van der Waals surface area contributed by atoms with Crippen molar-refractivity contribution in [1.29, 1.82) is 0 Å². The van der Waals surface area contributed by atoms with Crippen LogP contribution in [0.5, 0.6) is 0 Å². The Hall–Kier alpha value is -8.50. The van der Waals surface area contributed by atoms with Crippen LogP contribution in [0.1, 0.15) is 22.6 Å². The summed E-state index contributed by atoms with van der Waals surface area (Å²) in [6, 6.07) is 95.9. The zero-order valence-corrected chi connectivity index (χ0v) is 38.0. The van der Waals surface area contributed by atoms with Crippen molar-refractivity contribution in [2.45, 2.75) is 5.92 Å². The number of benzene rings is 11. The number of thiophene rings is 1. The van der Waals surface area contributed by atoms with Gasteiger partial charge in [-0.3, -0.25) is 0 Å². The fraction of sp³-hybridized carbons (Fsp3) is 0.0154. The van der Waals surface area contributed by atoms with Gasteiger partial charge < -0.3 is 9.47 Å². The predicted molar refractivity (Wildman–Crippen MR) is 291 cm³/mol. The first-order chi connectivity index (χ1) is 33.7. The molecule has 2 aromatic heterocycles. The van der Waals surface area contributed by atoms with Crippen molar-refractivity contribution in [3.8, 4) is 27.9 Å². The Bertz CT molecular complexity index is 3960. The van der Waals surface area contributed by atoms with Gasteiger partial charge in [-0.05, 0) is 105 Å². The zero-order valence-electron chi connectivity index (χ0n) is 37.2. The molecule has 13 aromatic rings. The van der Waals surface area contributed by atoms with Crippen molar-refractivity contribution in [2.24, 2.45) is 0 Å². The van der Waals surface area contributed by atoms with Gasteiger partial charge in [0.25, 0.3) is 0 Å². The van der Waals surface area contributed by atoms with E-state index in [1.165, 1.54) is 80.6 Å². The van der Waals surface area contributed by atoms with Crippen LogP contribution >= 0.6 is 11.3 Å². The van der Waals surface area contributed by atoms with Gasteiger partial charge in [-0.2, -0.15) is 0 Å². The number of fused-ring (bicyclic) bond motifs is 7. The Morgan fingerprint density at radius 2 is 0.956 bits per heavy atom. The van der Waals surface area contributed by atoms with E-state index in [4.69, 9.17) is 0 Å². The number of nitrogens with zero attached hydrogens (tertiary/aromatic N) is 2. The summed E-state index contributed by atoms with van der Waals surface area (Å²) in [5, 5.41) is 7.53. The zero-order chi connectivity index (χ0) is 45.0. The molecule has 2 nitrogen and oxygen atoms in total. The molecule has 1 unspecified atom stereocenters. The van der Waals surface area contributed by atoms with Gasteiger partial charge in [0.1, 0.15) is 0 Å². The van der Waals surface area contributed by atoms with Crippen molar-refractivity contribution in [3.05, 3.63) is 278 Å². The lowest BCUT2D eigenvalue weighted by Crippen LogP contribution is -2.12. The van der Waals surface area contributed by atoms with Crippen LogP contribution in [0.15, 0.2) is 261 Å². The Labute approximate surface area is 399 Å². The number of para-hydroxylation sites is 3. The molecule has 0 fully saturated rings. The molecule has 0 bridgehead atoms. The lowest BCUT2D eigenvalue weighted by Gasteiger charge is -2.29. The lowest BCUT2D eigenvalue weighted by molar-refractivity contribution is 0.990. The van der Waals surface area contributed by atoms with E-state index in [2.05, 4.69) is 270 Å². The van der Waals surface area contributed by atoms with E-state index in [-0.39, 0.29) is 5.92 Å². The summed E-state index contributed by atoms with van der Waals surface area (Å²) in [6.07, 6.45) is 0. The Balaban J connectivity index is 1.02. The molecule has 0 aliphatic carbocycles. The highest BCUT2D eigenvalue weighted by molar-refractivity contribution is 7.26. The number of hydrogen-bond acceptors (Lipinski definition) is 2. The summed E-state index contributed by atoms with van der Waals surface area (Å²) >= 11 is 1.90. The fourth-order valence-electron chi connectivity index (χ4n) is 10.6. The van der Waals surface area contributed by atoms with Gasteiger partial charge in [0, 0.05) is 59.3 Å². The second-order valence-corrected chi connectivity index (χ2v) is 18.7. The molecule has 320 valence electrons. The van der Waals surface area contributed by atoms with Gasteiger partial charge in [0.05, 0.1) is 16.7 Å². The Morgan fingerprint density at radius 3 is 1.76 bits per heavy atom. The summed E-state index contributed by atoms with van der Waals surface area (Å²) in [5.41, 5.74) is 15.4. The van der Waals surface area contributed by atoms with E-state index in [0.717, 1.165) is 33.9 Å². The largest absolute Gasteiger partial charge is 0.310 e. The minimum atomic E-state index is -0.0424. The van der Waals surface area contributed by atoms with Crippen molar-refractivity contribution in [3.63, 3.8) is 0 Å². The molecular weight excluding hydrogens is 841 g/mol. The predicted octanol–water partition coefficient (Wildman–Crippen LogP) is 18.3. The van der Waals surface area contributed by atoms with Crippen LogP contribution in [0.4, 0.5) is 17.1 Å². The SMILES string of the molecule is c1ccc(C(c2cc(-c3ccc(-c4ccc5c6ccccc6n(-c6ccccc6)c5c4)cc3)cc(N(c3ccccc3)c3cccc4ccccc34)c2)c2cccc3c2sc2ccccc23)cc1. The first-order valence-electron chi connectivity index (χ1n) is 23.4. The molecule has 0 saturated heterocycles. The fourth-order valence-corrected chi connectivity index (χ4v) is 11.8. The summed E-state index contributed by atoms with van der Waals surface area (Å²) in [7, 11) is 0. The second-order valence-electron chi connectivity index (χ2n) is 17.6. The van der Waals surface area contributed by atoms with E-state index in [1.807, 2.05) is 11.3 Å². The average Bonchev–Trinajstić information content (AvgIpc) is 3.96. The van der Waals surface area contributed by atoms with Crippen LogP contribution in [0.25, 0.3) is 80.7 Å². The van der Waals surface area contributed by atoms with Crippen LogP contribution in [0, 0.1) is 0 Å². The monoisotopic (exact) mass is 884 g/mol. The average molecular weight is 885 g/mol. The van der Waals surface area contributed by atoms with Gasteiger partial charge in [-0.25, -0.2) is 0 Å².